The fourth-order valence-electron chi connectivity index (χ4n) is 3.48. The molecule has 0 unspecified atom stereocenters. The zero-order chi connectivity index (χ0) is 19.3. The fraction of sp³-hybridized carbons (Fsp3) is 0. The van der Waals surface area contributed by atoms with Gasteiger partial charge in [0.05, 0.1) is 5.02 Å². The summed E-state index contributed by atoms with van der Waals surface area (Å²) in [5, 5.41) is 7.77. The van der Waals surface area contributed by atoms with E-state index < -0.39 is 5.82 Å². The highest BCUT2D eigenvalue weighted by atomic mass is 35.5. The molecule has 136 valence electrons. The van der Waals surface area contributed by atoms with Crippen LogP contribution in [0.4, 0.5) is 10.1 Å². The van der Waals surface area contributed by atoms with Crippen molar-refractivity contribution >= 4 is 66.2 Å². The van der Waals surface area contributed by atoms with Crippen molar-refractivity contribution in [1.29, 1.82) is 0 Å². The lowest BCUT2D eigenvalue weighted by Gasteiger charge is -2.08. The summed E-state index contributed by atoms with van der Waals surface area (Å²) in [6.07, 6.45) is 0. The maximum atomic E-state index is 14.1. The molecule has 1 aromatic heterocycles. The zero-order valence-corrected chi connectivity index (χ0v) is 16.1. The Balaban J connectivity index is 1.56. The molecule has 1 N–H and O–H groups in total. The van der Waals surface area contributed by atoms with E-state index in [-0.39, 0.29) is 10.9 Å². The molecule has 0 bridgehead atoms. The second-order valence-electron chi connectivity index (χ2n) is 6.53. The van der Waals surface area contributed by atoms with Crippen molar-refractivity contribution in [3.05, 3.63) is 88.5 Å². The highest BCUT2D eigenvalue weighted by Gasteiger charge is 2.19. The summed E-state index contributed by atoms with van der Waals surface area (Å²) in [7, 11) is 0. The Morgan fingerprint density at radius 1 is 0.893 bits per heavy atom. The van der Waals surface area contributed by atoms with Gasteiger partial charge >= 0.3 is 0 Å². The summed E-state index contributed by atoms with van der Waals surface area (Å²) < 4.78 is 14.7. The number of fused-ring (bicyclic) bond motifs is 4. The van der Waals surface area contributed by atoms with Gasteiger partial charge in [-0.1, -0.05) is 60.1 Å². The number of thiophene rings is 1. The molecule has 0 aliphatic heterocycles. The minimum Gasteiger partial charge on any atom is -0.321 e. The Labute approximate surface area is 169 Å². The van der Waals surface area contributed by atoms with E-state index in [2.05, 4.69) is 29.6 Å². The van der Waals surface area contributed by atoms with Crippen LogP contribution in [0.1, 0.15) is 9.67 Å². The summed E-state index contributed by atoms with van der Waals surface area (Å²) in [4.78, 5) is 13.1. The number of carbonyl (C=O) groups excluding carboxylic acids is 1. The Morgan fingerprint density at radius 3 is 2.46 bits per heavy atom. The molecule has 0 radical (unpaired) electrons. The lowest BCUT2D eigenvalue weighted by molar-refractivity contribution is 0.103. The van der Waals surface area contributed by atoms with Crippen molar-refractivity contribution in [2.24, 2.45) is 0 Å². The van der Waals surface area contributed by atoms with Crippen LogP contribution in [0.5, 0.6) is 0 Å². The van der Waals surface area contributed by atoms with Gasteiger partial charge in [0.25, 0.3) is 5.91 Å². The minimum atomic E-state index is -0.421. The van der Waals surface area contributed by atoms with Crippen molar-refractivity contribution < 1.29 is 9.18 Å². The zero-order valence-electron chi connectivity index (χ0n) is 14.5. The molecular formula is C23H13ClFNOS. The highest BCUT2D eigenvalue weighted by molar-refractivity contribution is 7.21. The van der Waals surface area contributed by atoms with Crippen LogP contribution in [-0.4, -0.2) is 5.91 Å². The Bertz CT molecular complexity index is 1390. The lowest BCUT2D eigenvalue weighted by Crippen LogP contribution is -2.10. The summed E-state index contributed by atoms with van der Waals surface area (Å²) in [5.74, 6) is -0.764. The lowest BCUT2D eigenvalue weighted by atomic mass is 10.0. The predicted molar refractivity (Wildman–Crippen MR) is 116 cm³/mol. The number of benzene rings is 4. The highest BCUT2D eigenvalue weighted by Crippen LogP contribution is 2.37. The van der Waals surface area contributed by atoms with Gasteiger partial charge in [0.15, 0.2) is 0 Å². The second kappa shape index (κ2) is 6.59. The van der Waals surface area contributed by atoms with E-state index in [1.807, 2.05) is 30.3 Å². The number of anilines is 1. The minimum absolute atomic E-state index is 0.154. The maximum absolute atomic E-state index is 14.1. The number of rotatable bonds is 2. The molecule has 5 aromatic rings. The van der Waals surface area contributed by atoms with Gasteiger partial charge in [-0.2, -0.15) is 0 Å². The molecule has 0 saturated carbocycles. The molecule has 0 aliphatic carbocycles. The van der Waals surface area contributed by atoms with Crippen LogP contribution in [0, 0.1) is 5.82 Å². The fourth-order valence-corrected chi connectivity index (χ4v) is 4.94. The van der Waals surface area contributed by atoms with Crippen LogP contribution in [0.3, 0.4) is 0 Å². The van der Waals surface area contributed by atoms with Gasteiger partial charge in [-0.15, -0.1) is 11.3 Å². The quantitative estimate of drug-likeness (QED) is 0.308. The van der Waals surface area contributed by atoms with Gasteiger partial charge in [0, 0.05) is 15.8 Å². The van der Waals surface area contributed by atoms with E-state index in [1.54, 1.807) is 12.1 Å². The average Bonchev–Trinajstić information content (AvgIpc) is 3.06. The number of amides is 1. The Morgan fingerprint density at radius 2 is 1.64 bits per heavy atom. The van der Waals surface area contributed by atoms with Crippen LogP contribution in [0.25, 0.3) is 31.6 Å². The Hall–Kier alpha value is -2.95. The first-order chi connectivity index (χ1) is 13.6. The smallest absolute Gasteiger partial charge is 0.267 e. The molecule has 0 fully saturated rings. The number of carbonyl (C=O) groups is 1. The Kier molecular flexibility index (Phi) is 4.04. The first-order valence-electron chi connectivity index (χ1n) is 8.71. The van der Waals surface area contributed by atoms with Gasteiger partial charge in [-0.05, 0) is 45.8 Å². The number of hydrogen-bond donors (Lipinski definition) is 1. The van der Waals surface area contributed by atoms with Gasteiger partial charge in [-0.25, -0.2) is 4.39 Å². The van der Waals surface area contributed by atoms with Gasteiger partial charge in [-0.3, -0.25) is 4.79 Å². The molecule has 5 heteroatoms. The first kappa shape index (κ1) is 17.2. The number of halogens is 2. The molecule has 5 rings (SSSR count). The van der Waals surface area contributed by atoms with Crippen molar-refractivity contribution in [2.45, 2.75) is 0 Å². The molecular weight excluding hydrogens is 393 g/mol. The second-order valence-corrected chi connectivity index (χ2v) is 7.97. The van der Waals surface area contributed by atoms with Gasteiger partial charge < -0.3 is 5.32 Å². The molecule has 28 heavy (non-hydrogen) atoms. The predicted octanol–water partition coefficient (Wildman–Crippen LogP) is 7.25. The third kappa shape index (κ3) is 2.73. The SMILES string of the molecule is O=C(Nc1ccc2ccc3ccccc3c2c1)c1sc2cccc(F)c2c1Cl. The van der Waals surface area contributed by atoms with Crippen LogP contribution < -0.4 is 5.32 Å². The maximum Gasteiger partial charge on any atom is 0.267 e. The summed E-state index contributed by atoms with van der Waals surface area (Å²) in [6.45, 7) is 0. The largest absolute Gasteiger partial charge is 0.321 e. The van der Waals surface area contributed by atoms with Crippen LogP contribution in [0.2, 0.25) is 5.02 Å². The van der Waals surface area contributed by atoms with Crippen molar-refractivity contribution in [1.82, 2.24) is 0 Å². The molecule has 0 aliphatic rings. The van der Waals surface area contributed by atoms with Crippen LogP contribution >= 0.6 is 22.9 Å². The van der Waals surface area contributed by atoms with Gasteiger partial charge in [0.2, 0.25) is 0 Å². The third-order valence-electron chi connectivity index (χ3n) is 4.82. The topological polar surface area (TPSA) is 29.1 Å². The summed E-state index contributed by atoms with van der Waals surface area (Å²) >= 11 is 7.49. The summed E-state index contributed by atoms with van der Waals surface area (Å²) in [5.41, 5.74) is 0.669. The molecule has 0 spiro atoms. The van der Waals surface area contributed by atoms with E-state index in [0.29, 0.717) is 20.7 Å². The normalized spacial score (nSPS) is 11.4. The monoisotopic (exact) mass is 405 g/mol. The molecule has 1 amide bonds. The number of hydrogen-bond acceptors (Lipinski definition) is 2. The molecule has 4 aromatic carbocycles. The average molecular weight is 406 g/mol. The third-order valence-corrected chi connectivity index (χ3v) is 6.46. The molecule has 1 heterocycles. The van der Waals surface area contributed by atoms with Crippen molar-refractivity contribution in [2.75, 3.05) is 5.32 Å². The van der Waals surface area contributed by atoms with E-state index in [9.17, 15) is 9.18 Å². The van der Waals surface area contributed by atoms with Crippen molar-refractivity contribution in [3.63, 3.8) is 0 Å². The van der Waals surface area contributed by atoms with E-state index in [4.69, 9.17) is 11.6 Å². The first-order valence-corrected chi connectivity index (χ1v) is 9.90. The molecule has 0 atom stereocenters. The molecule has 0 saturated heterocycles. The van der Waals surface area contributed by atoms with Crippen molar-refractivity contribution in [3.8, 4) is 0 Å². The molecule has 2 nitrogen and oxygen atoms in total. The summed E-state index contributed by atoms with van der Waals surface area (Å²) in [6, 6.07) is 22.8. The standard InChI is InChI=1S/C23H13ClFNOS/c24-21-20-18(25)6-3-7-19(20)28-22(21)23(27)26-15-11-10-14-9-8-13-4-1-2-5-16(13)17(14)12-15/h1-12H,(H,26,27). The van der Waals surface area contributed by atoms with Gasteiger partial charge in [0.1, 0.15) is 10.7 Å². The van der Waals surface area contributed by atoms with E-state index in [1.165, 1.54) is 17.4 Å². The van der Waals surface area contributed by atoms with Crippen LogP contribution in [0.15, 0.2) is 72.8 Å². The van der Waals surface area contributed by atoms with E-state index in [0.717, 1.165) is 21.5 Å². The van der Waals surface area contributed by atoms with Crippen LogP contribution in [-0.2, 0) is 0 Å². The van der Waals surface area contributed by atoms with E-state index >= 15 is 0 Å². The number of nitrogens with one attached hydrogen (secondary N) is 1.